The molecule has 3 nitrogen and oxygen atoms in total. The van der Waals surface area contributed by atoms with Gasteiger partial charge in [-0.3, -0.25) is 4.79 Å². The highest BCUT2D eigenvalue weighted by Crippen LogP contribution is 2.24. The van der Waals surface area contributed by atoms with Gasteiger partial charge < -0.3 is 9.80 Å². The summed E-state index contributed by atoms with van der Waals surface area (Å²) in [5.41, 5.74) is 1.36. The molecule has 0 spiro atoms. The molecule has 2 aliphatic rings. The number of allylic oxidation sites excluding steroid dienone is 1. The van der Waals surface area contributed by atoms with Crippen LogP contribution in [-0.2, 0) is 4.79 Å². The highest BCUT2D eigenvalue weighted by molar-refractivity contribution is 5.78. The van der Waals surface area contributed by atoms with Gasteiger partial charge in [0.05, 0.1) is 0 Å². The molecule has 19 heavy (non-hydrogen) atoms. The second kappa shape index (κ2) is 6.56. The molecule has 0 radical (unpaired) electrons. The molecule has 1 heterocycles. The first-order chi connectivity index (χ1) is 9.08. The van der Waals surface area contributed by atoms with E-state index < -0.39 is 0 Å². The third-order valence-electron chi connectivity index (χ3n) is 4.72. The molecular formula is C16H28N2O. The van der Waals surface area contributed by atoms with Gasteiger partial charge in [-0.25, -0.2) is 0 Å². The molecule has 0 bridgehead atoms. The molecule has 0 aromatic rings. The lowest BCUT2D eigenvalue weighted by Gasteiger charge is -2.40. The fourth-order valence-corrected chi connectivity index (χ4v) is 3.49. The fraction of sp³-hybridized carbons (Fsp3) is 0.812. The van der Waals surface area contributed by atoms with E-state index in [-0.39, 0.29) is 0 Å². The Morgan fingerprint density at radius 2 is 2.26 bits per heavy atom. The number of amides is 1. The summed E-state index contributed by atoms with van der Waals surface area (Å²) in [6.07, 6.45) is 8.88. The summed E-state index contributed by atoms with van der Waals surface area (Å²) in [7, 11) is 4.17. The van der Waals surface area contributed by atoms with E-state index in [0.29, 0.717) is 24.3 Å². The van der Waals surface area contributed by atoms with Gasteiger partial charge in [-0.15, -0.1) is 0 Å². The highest BCUT2D eigenvalue weighted by atomic mass is 16.2. The van der Waals surface area contributed by atoms with Crippen LogP contribution in [0.25, 0.3) is 0 Å². The minimum absolute atomic E-state index is 0.314. The summed E-state index contributed by atoms with van der Waals surface area (Å²) in [6.45, 7) is 4.48. The minimum Gasteiger partial charge on any atom is -0.342 e. The lowest BCUT2D eigenvalue weighted by atomic mass is 9.92. The van der Waals surface area contributed by atoms with Crippen molar-refractivity contribution in [1.82, 2.24) is 9.80 Å². The zero-order valence-electron chi connectivity index (χ0n) is 12.7. The number of likely N-dealkylation sites (tertiary alicyclic amines) is 1. The van der Waals surface area contributed by atoms with Crippen molar-refractivity contribution in [2.24, 2.45) is 5.92 Å². The van der Waals surface area contributed by atoms with Crippen LogP contribution in [0.15, 0.2) is 11.6 Å². The Bertz CT molecular complexity index is 351. The van der Waals surface area contributed by atoms with Crippen LogP contribution in [0.2, 0.25) is 0 Å². The standard InChI is InChI=1S/C16H28N2O/c1-13-12-17(2)10-9-15(13)18(3)16(19)11-14-7-5-4-6-8-14/h7,13,15H,4-6,8-12H2,1-3H3. The molecule has 2 rings (SSSR count). The van der Waals surface area contributed by atoms with Crippen LogP contribution in [0.3, 0.4) is 0 Å². The van der Waals surface area contributed by atoms with E-state index in [9.17, 15) is 4.79 Å². The van der Waals surface area contributed by atoms with Crippen molar-refractivity contribution in [2.75, 3.05) is 27.2 Å². The first-order valence-electron chi connectivity index (χ1n) is 7.70. The molecule has 2 unspecified atom stereocenters. The number of hydrogen-bond acceptors (Lipinski definition) is 2. The molecule has 1 aliphatic heterocycles. The zero-order valence-corrected chi connectivity index (χ0v) is 12.7. The van der Waals surface area contributed by atoms with E-state index in [0.717, 1.165) is 32.4 Å². The summed E-state index contributed by atoms with van der Waals surface area (Å²) in [4.78, 5) is 16.8. The van der Waals surface area contributed by atoms with Crippen molar-refractivity contribution in [1.29, 1.82) is 0 Å². The molecule has 3 heteroatoms. The number of nitrogens with zero attached hydrogens (tertiary/aromatic N) is 2. The van der Waals surface area contributed by atoms with Gasteiger partial charge in [-0.1, -0.05) is 18.6 Å². The van der Waals surface area contributed by atoms with Gasteiger partial charge in [0.25, 0.3) is 0 Å². The molecular weight excluding hydrogens is 236 g/mol. The Balaban J connectivity index is 1.89. The van der Waals surface area contributed by atoms with Crippen molar-refractivity contribution in [3.8, 4) is 0 Å². The largest absolute Gasteiger partial charge is 0.342 e. The van der Waals surface area contributed by atoms with E-state index in [1.807, 2.05) is 11.9 Å². The van der Waals surface area contributed by atoms with E-state index in [1.54, 1.807) is 0 Å². The Hall–Kier alpha value is -0.830. The fourth-order valence-electron chi connectivity index (χ4n) is 3.49. The summed E-state index contributed by atoms with van der Waals surface area (Å²) in [5.74, 6) is 0.891. The van der Waals surface area contributed by atoms with Crippen LogP contribution in [-0.4, -0.2) is 48.9 Å². The summed E-state index contributed by atoms with van der Waals surface area (Å²) < 4.78 is 0. The van der Waals surface area contributed by atoms with Gasteiger partial charge in [0, 0.05) is 26.1 Å². The zero-order chi connectivity index (χ0) is 13.8. The van der Waals surface area contributed by atoms with Gasteiger partial charge in [0.15, 0.2) is 0 Å². The molecule has 1 saturated heterocycles. The molecule has 1 aliphatic carbocycles. The van der Waals surface area contributed by atoms with Crippen LogP contribution in [0.4, 0.5) is 0 Å². The maximum absolute atomic E-state index is 12.4. The van der Waals surface area contributed by atoms with E-state index in [2.05, 4.69) is 24.9 Å². The SMILES string of the molecule is CC1CN(C)CCC1N(C)C(=O)CC1=CCCCC1. The maximum atomic E-state index is 12.4. The average molecular weight is 264 g/mol. The van der Waals surface area contributed by atoms with Crippen molar-refractivity contribution < 1.29 is 4.79 Å². The number of piperidine rings is 1. The minimum atomic E-state index is 0.314. The second-order valence-electron chi connectivity index (χ2n) is 6.39. The molecule has 1 amide bonds. The van der Waals surface area contributed by atoms with Gasteiger partial charge >= 0.3 is 0 Å². The normalized spacial score (nSPS) is 28.9. The summed E-state index contributed by atoms with van der Waals surface area (Å²) in [6, 6.07) is 0.424. The predicted molar refractivity (Wildman–Crippen MR) is 79.0 cm³/mol. The molecule has 2 atom stereocenters. The molecule has 0 aromatic heterocycles. The van der Waals surface area contributed by atoms with E-state index in [1.165, 1.54) is 18.4 Å². The number of carbonyl (C=O) groups excluding carboxylic acids is 1. The summed E-state index contributed by atoms with van der Waals surface area (Å²) >= 11 is 0. The highest BCUT2D eigenvalue weighted by Gasteiger charge is 2.29. The van der Waals surface area contributed by atoms with Crippen LogP contribution in [0, 0.1) is 5.92 Å². The van der Waals surface area contributed by atoms with Crippen LogP contribution in [0.1, 0.15) is 45.4 Å². The Kier molecular flexibility index (Phi) is 5.03. The third kappa shape index (κ3) is 3.82. The molecule has 1 fully saturated rings. The van der Waals surface area contributed by atoms with Crippen molar-refractivity contribution in [2.45, 2.75) is 51.5 Å². The first-order valence-corrected chi connectivity index (χ1v) is 7.70. The lowest BCUT2D eigenvalue weighted by Crippen LogP contribution is -2.49. The van der Waals surface area contributed by atoms with Crippen molar-refractivity contribution >= 4 is 5.91 Å². The second-order valence-corrected chi connectivity index (χ2v) is 6.39. The maximum Gasteiger partial charge on any atom is 0.226 e. The van der Waals surface area contributed by atoms with Crippen molar-refractivity contribution in [3.63, 3.8) is 0 Å². The molecule has 0 aromatic carbocycles. The smallest absolute Gasteiger partial charge is 0.226 e. The first kappa shape index (κ1) is 14.6. The van der Waals surface area contributed by atoms with Gasteiger partial charge in [0.1, 0.15) is 0 Å². The topological polar surface area (TPSA) is 23.6 Å². The number of carbonyl (C=O) groups is 1. The molecule has 0 saturated carbocycles. The van der Waals surface area contributed by atoms with E-state index in [4.69, 9.17) is 0 Å². The quantitative estimate of drug-likeness (QED) is 0.732. The predicted octanol–water partition coefficient (Wildman–Crippen LogP) is 2.68. The number of hydrogen-bond donors (Lipinski definition) is 0. The van der Waals surface area contributed by atoms with Gasteiger partial charge in [0.2, 0.25) is 5.91 Å². The summed E-state index contributed by atoms with van der Waals surface area (Å²) in [5, 5.41) is 0. The average Bonchev–Trinajstić information content (AvgIpc) is 2.39. The number of rotatable bonds is 3. The lowest BCUT2D eigenvalue weighted by molar-refractivity contribution is -0.133. The van der Waals surface area contributed by atoms with Crippen LogP contribution >= 0.6 is 0 Å². The Morgan fingerprint density at radius 1 is 1.47 bits per heavy atom. The molecule has 108 valence electrons. The van der Waals surface area contributed by atoms with Gasteiger partial charge in [-0.2, -0.15) is 0 Å². The van der Waals surface area contributed by atoms with Crippen LogP contribution < -0.4 is 0 Å². The monoisotopic (exact) mass is 264 g/mol. The third-order valence-corrected chi connectivity index (χ3v) is 4.72. The Labute approximate surface area is 117 Å². The van der Waals surface area contributed by atoms with Gasteiger partial charge in [-0.05, 0) is 51.6 Å². The van der Waals surface area contributed by atoms with Crippen LogP contribution in [0.5, 0.6) is 0 Å². The Morgan fingerprint density at radius 3 is 2.89 bits per heavy atom. The van der Waals surface area contributed by atoms with Crippen molar-refractivity contribution in [3.05, 3.63) is 11.6 Å². The molecule has 0 N–H and O–H groups in total. The van der Waals surface area contributed by atoms with E-state index >= 15 is 0 Å².